The number of ether oxygens (including phenoxy) is 1. The van der Waals surface area contributed by atoms with Gasteiger partial charge in [-0.15, -0.1) is 6.58 Å². The van der Waals surface area contributed by atoms with Gasteiger partial charge >= 0.3 is 5.97 Å². The maximum Gasteiger partial charge on any atom is 0.308 e. The third-order valence-electron chi connectivity index (χ3n) is 4.11. The van der Waals surface area contributed by atoms with Gasteiger partial charge in [-0.25, -0.2) is 0 Å². The first-order valence-corrected chi connectivity index (χ1v) is 10.2. The lowest BCUT2D eigenvalue weighted by Gasteiger charge is -2.39. The maximum absolute atomic E-state index is 11.6. The van der Waals surface area contributed by atoms with Gasteiger partial charge in [-0.05, 0) is 18.1 Å². The minimum atomic E-state index is -2.04. The van der Waals surface area contributed by atoms with Gasteiger partial charge in [0.05, 0.1) is 25.7 Å². The lowest BCUT2D eigenvalue weighted by molar-refractivity contribution is -0.142. The van der Waals surface area contributed by atoms with E-state index in [1.165, 1.54) is 13.2 Å². The first-order valence-electron chi connectivity index (χ1n) is 7.25. The Morgan fingerprint density at radius 2 is 1.95 bits per heavy atom. The van der Waals surface area contributed by atoms with E-state index in [1.807, 2.05) is 0 Å². The quantitative estimate of drug-likeness (QED) is 0.407. The van der Waals surface area contributed by atoms with E-state index in [0.717, 1.165) is 0 Å². The second-order valence-corrected chi connectivity index (χ2v) is 11.7. The Hall–Kier alpha value is -0.693. The van der Waals surface area contributed by atoms with E-state index < -0.39 is 26.6 Å². The molecule has 0 aliphatic carbocycles. The lowest BCUT2D eigenvalue weighted by atomic mass is 10.0. The van der Waals surface area contributed by atoms with Crippen molar-refractivity contribution in [3.05, 3.63) is 12.7 Å². The molecule has 0 radical (unpaired) electrons. The van der Waals surface area contributed by atoms with Gasteiger partial charge in [0.2, 0.25) is 0 Å². The molecule has 6 heteroatoms. The smallest absolute Gasteiger partial charge is 0.308 e. The molecule has 0 saturated heterocycles. The van der Waals surface area contributed by atoms with E-state index in [4.69, 9.17) is 14.9 Å². The highest BCUT2D eigenvalue weighted by Gasteiger charge is 2.40. The largest absolute Gasteiger partial charge is 0.469 e. The molecule has 0 amide bonds. The van der Waals surface area contributed by atoms with Crippen molar-refractivity contribution in [2.75, 3.05) is 7.11 Å². The van der Waals surface area contributed by atoms with Crippen molar-refractivity contribution in [2.45, 2.75) is 70.0 Å². The van der Waals surface area contributed by atoms with Gasteiger partial charge in [-0.3, -0.25) is 4.79 Å². The highest BCUT2D eigenvalue weighted by Crippen LogP contribution is 2.38. The van der Waals surface area contributed by atoms with E-state index in [1.54, 1.807) is 0 Å². The number of hydrogen-bond donors (Lipinski definition) is 2. The van der Waals surface area contributed by atoms with Gasteiger partial charge in [0.1, 0.15) is 0 Å². The molecular formula is C15H31NO4Si. The third kappa shape index (κ3) is 6.73. The summed E-state index contributed by atoms with van der Waals surface area (Å²) in [6.45, 7) is 14.2. The van der Waals surface area contributed by atoms with Gasteiger partial charge < -0.3 is 20.0 Å². The van der Waals surface area contributed by atoms with Crippen LogP contribution in [0, 0.1) is 0 Å². The molecule has 0 aromatic heterocycles. The zero-order chi connectivity index (χ0) is 16.8. The van der Waals surface area contributed by atoms with Crippen LogP contribution in [0.5, 0.6) is 0 Å². The average Bonchev–Trinajstić information content (AvgIpc) is 2.35. The van der Waals surface area contributed by atoms with Crippen molar-refractivity contribution < 1.29 is 19.1 Å². The van der Waals surface area contributed by atoms with E-state index in [-0.39, 0.29) is 23.8 Å². The molecule has 3 atom stereocenters. The van der Waals surface area contributed by atoms with Gasteiger partial charge in [0.25, 0.3) is 0 Å². The number of methoxy groups -OCH3 is 1. The summed E-state index contributed by atoms with van der Waals surface area (Å²) in [6, 6.07) is -0.534. The van der Waals surface area contributed by atoms with Crippen molar-refractivity contribution in [1.82, 2.24) is 0 Å². The summed E-state index contributed by atoms with van der Waals surface area (Å²) in [6.07, 6.45) is 0.701. The Labute approximate surface area is 129 Å². The molecule has 124 valence electrons. The van der Waals surface area contributed by atoms with Crippen LogP contribution in [0.15, 0.2) is 12.7 Å². The number of carbonyl (C=O) groups excluding carboxylic acids is 1. The number of rotatable bonds is 8. The molecule has 0 spiro atoms. The summed E-state index contributed by atoms with van der Waals surface area (Å²) in [5.74, 6) is -0.349. The number of esters is 1. The standard InChI is InChI=1S/C15H31NO4Si/c1-8-12(16)13(17)9-11(10-14(18)19-5)20-21(6,7)15(2,3)4/h8,11-13,17H,1,9-10,16H2,2-7H3/t11-,12-,13-/m0/s1. The molecule has 0 aromatic rings. The molecule has 0 fully saturated rings. The number of carbonyl (C=O) groups is 1. The fourth-order valence-electron chi connectivity index (χ4n) is 1.62. The van der Waals surface area contributed by atoms with E-state index in [9.17, 15) is 9.90 Å². The number of hydrogen-bond acceptors (Lipinski definition) is 5. The molecule has 3 N–H and O–H groups in total. The molecule has 0 bridgehead atoms. The first kappa shape index (κ1) is 20.3. The van der Waals surface area contributed by atoms with Crippen LogP contribution in [0.2, 0.25) is 18.1 Å². The molecule has 21 heavy (non-hydrogen) atoms. The van der Waals surface area contributed by atoms with Crippen LogP contribution in [0.4, 0.5) is 0 Å². The van der Waals surface area contributed by atoms with Crippen molar-refractivity contribution >= 4 is 14.3 Å². The van der Waals surface area contributed by atoms with Gasteiger partial charge in [0.15, 0.2) is 8.32 Å². The molecular weight excluding hydrogens is 286 g/mol. The summed E-state index contributed by atoms with van der Waals surface area (Å²) in [7, 11) is -0.700. The SMILES string of the molecule is C=C[C@H](N)[C@@H](O)C[C@@H](CC(=O)OC)O[Si](C)(C)C(C)(C)C. The topological polar surface area (TPSA) is 81.8 Å². The number of aliphatic hydroxyl groups excluding tert-OH is 1. The van der Waals surface area contributed by atoms with Crippen molar-refractivity contribution in [1.29, 1.82) is 0 Å². The average molecular weight is 318 g/mol. The maximum atomic E-state index is 11.6. The van der Waals surface area contributed by atoms with Crippen LogP contribution in [0.25, 0.3) is 0 Å². The molecule has 0 unspecified atom stereocenters. The number of nitrogens with two attached hydrogens (primary N) is 1. The Morgan fingerprint density at radius 1 is 1.43 bits per heavy atom. The molecule has 0 aromatic carbocycles. The van der Waals surface area contributed by atoms with Crippen molar-refractivity contribution in [3.8, 4) is 0 Å². The van der Waals surface area contributed by atoms with Crippen molar-refractivity contribution in [2.24, 2.45) is 5.73 Å². The van der Waals surface area contributed by atoms with Crippen LogP contribution in [0.3, 0.4) is 0 Å². The minimum absolute atomic E-state index is 0.0207. The molecule has 0 rings (SSSR count). The van der Waals surface area contributed by atoms with Gasteiger partial charge in [0, 0.05) is 12.5 Å². The predicted octanol–water partition coefficient (Wildman–Crippen LogP) is 2.20. The van der Waals surface area contributed by atoms with Crippen LogP contribution in [0.1, 0.15) is 33.6 Å². The Balaban J connectivity index is 4.98. The molecule has 5 nitrogen and oxygen atoms in total. The summed E-state index contributed by atoms with van der Waals surface area (Å²) in [5.41, 5.74) is 5.75. The Bertz CT molecular complexity index is 352. The van der Waals surface area contributed by atoms with Crippen LogP contribution < -0.4 is 5.73 Å². The van der Waals surface area contributed by atoms with Crippen LogP contribution in [-0.4, -0.2) is 44.8 Å². The lowest BCUT2D eigenvalue weighted by Crippen LogP contribution is -2.46. The molecule has 0 saturated carbocycles. The fraction of sp³-hybridized carbons (Fsp3) is 0.800. The Morgan fingerprint density at radius 3 is 2.33 bits per heavy atom. The monoisotopic (exact) mass is 317 g/mol. The highest BCUT2D eigenvalue weighted by molar-refractivity contribution is 6.74. The third-order valence-corrected chi connectivity index (χ3v) is 8.65. The summed E-state index contributed by atoms with van der Waals surface area (Å²) >= 11 is 0. The zero-order valence-corrected chi connectivity index (χ0v) is 15.2. The predicted molar refractivity (Wildman–Crippen MR) is 87.5 cm³/mol. The summed E-state index contributed by atoms with van der Waals surface area (Å²) in [5, 5.41) is 10.1. The van der Waals surface area contributed by atoms with E-state index in [2.05, 4.69) is 40.4 Å². The highest BCUT2D eigenvalue weighted by atomic mass is 28.4. The van der Waals surface area contributed by atoms with Gasteiger partial charge in [-0.2, -0.15) is 0 Å². The Kier molecular flexibility index (Phi) is 7.81. The second-order valence-electron chi connectivity index (χ2n) is 6.90. The van der Waals surface area contributed by atoms with E-state index in [0.29, 0.717) is 0 Å². The fourth-order valence-corrected chi connectivity index (χ4v) is 2.99. The first-order chi connectivity index (χ1) is 9.44. The van der Waals surface area contributed by atoms with Crippen molar-refractivity contribution in [3.63, 3.8) is 0 Å². The number of aliphatic hydroxyl groups is 1. The normalized spacial score (nSPS) is 17.0. The minimum Gasteiger partial charge on any atom is -0.469 e. The molecule has 0 heterocycles. The summed E-state index contributed by atoms with van der Waals surface area (Å²) < 4.78 is 10.9. The van der Waals surface area contributed by atoms with Crippen LogP contribution >= 0.6 is 0 Å². The zero-order valence-electron chi connectivity index (χ0n) is 14.2. The van der Waals surface area contributed by atoms with E-state index >= 15 is 0 Å². The second kappa shape index (κ2) is 8.08. The van der Waals surface area contributed by atoms with Crippen LogP contribution in [-0.2, 0) is 14.0 Å². The molecule has 0 aliphatic rings. The summed E-state index contributed by atoms with van der Waals surface area (Å²) in [4.78, 5) is 11.6. The molecule has 0 aliphatic heterocycles. The van der Waals surface area contributed by atoms with Gasteiger partial charge in [-0.1, -0.05) is 26.8 Å².